The highest BCUT2D eigenvalue weighted by Gasteiger charge is 2.59. The number of allylic oxidation sites excluding steroid dienone is 4. The van der Waals surface area contributed by atoms with Gasteiger partial charge in [0.05, 0.1) is 22.2 Å². The Bertz CT molecular complexity index is 4310. The fourth-order valence-corrected chi connectivity index (χ4v) is 15.1. The second kappa shape index (κ2) is 16.2. The highest BCUT2D eigenvalue weighted by Crippen LogP contribution is 2.69. The molecule has 0 N–H and O–H groups in total. The van der Waals surface area contributed by atoms with E-state index in [9.17, 15) is 0 Å². The first-order valence-electron chi connectivity index (χ1n) is 26.2. The molecule has 2 heterocycles. The van der Waals surface area contributed by atoms with Gasteiger partial charge in [-0.2, -0.15) is 0 Å². The third-order valence-electron chi connectivity index (χ3n) is 16.8. The third-order valence-corrected chi connectivity index (χ3v) is 18.0. The number of thiophene rings is 1. The van der Waals surface area contributed by atoms with E-state index < -0.39 is 10.8 Å². The predicted molar refractivity (Wildman–Crippen MR) is 311 cm³/mol. The van der Waals surface area contributed by atoms with Gasteiger partial charge in [-0.25, -0.2) is 9.97 Å². The Morgan fingerprint density at radius 1 is 0.360 bits per heavy atom. The first-order chi connectivity index (χ1) is 37.2. The zero-order chi connectivity index (χ0) is 49.2. The van der Waals surface area contributed by atoms with Gasteiger partial charge in [0.25, 0.3) is 0 Å². The molecule has 2 aromatic heterocycles. The lowest BCUT2D eigenvalue weighted by atomic mass is 9.52. The van der Waals surface area contributed by atoms with Crippen molar-refractivity contribution in [2.24, 2.45) is 0 Å². The predicted octanol–water partition coefficient (Wildman–Crippen LogP) is 18.3. The van der Waals surface area contributed by atoms with E-state index >= 15 is 0 Å². The molecule has 0 saturated heterocycles. The molecule has 0 atom stereocenters. The van der Waals surface area contributed by atoms with Gasteiger partial charge in [0.1, 0.15) is 0 Å². The SMILES string of the molecule is C1=CC(c2ccc(-c3cc(-c4ccc(-c5cccc6c5C5(c7ccccc7C7(c8ccccc8-c8ccccc87)c7ccccc75)c5ccc7c(sc8ccccc87)c5-6)cc4)nc(-c4ccccc4)n3)cc2)=CCC1. The minimum Gasteiger partial charge on any atom is -0.228 e. The van der Waals surface area contributed by atoms with Crippen LogP contribution in [0.5, 0.6) is 0 Å². The van der Waals surface area contributed by atoms with Crippen molar-refractivity contribution < 1.29 is 0 Å². The van der Waals surface area contributed by atoms with E-state index in [1.807, 2.05) is 17.4 Å². The summed E-state index contributed by atoms with van der Waals surface area (Å²) in [5.74, 6) is 0.710. The van der Waals surface area contributed by atoms with Crippen molar-refractivity contribution in [3.8, 4) is 67.3 Å². The lowest BCUT2D eigenvalue weighted by Gasteiger charge is -2.49. The molecular formula is C72H46N2S. The van der Waals surface area contributed by atoms with Gasteiger partial charge in [0.2, 0.25) is 0 Å². The maximum absolute atomic E-state index is 5.28. The van der Waals surface area contributed by atoms with E-state index in [-0.39, 0.29) is 0 Å². The van der Waals surface area contributed by atoms with Gasteiger partial charge in [-0.15, -0.1) is 11.3 Å². The number of aromatic nitrogens is 2. The second-order valence-electron chi connectivity index (χ2n) is 20.5. The summed E-state index contributed by atoms with van der Waals surface area (Å²) in [7, 11) is 0. The highest BCUT2D eigenvalue weighted by atomic mass is 32.1. The standard InChI is InChI=1S/C72H46N2S/c1-3-18-45(19-4-1)46-34-38-48(39-35-46)64-44-65(74-70(73-64)50-20-5-2-6-21-50)49-40-36-47(37-41-49)51-25-17-26-56-67-63(43-42-55-54-24-9-16-33-66(54)75-69(55)67)72(68(51)56)61-31-14-12-29-59(61)71(60-30-13-15-32-62(60)72)57-27-10-7-22-52(57)53-23-8-11-28-58(53)71/h2-3,5-44H,1,4H2. The molecule has 0 fully saturated rings. The minimum absolute atomic E-state index is 0.520. The summed E-state index contributed by atoms with van der Waals surface area (Å²) in [5.41, 5.74) is 24.6. The van der Waals surface area contributed by atoms with Crippen LogP contribution in [0, 0.1) is 0 Å². The Morgan fingerprint density at radius 3 is 1.53 bits per heavy atom. The van der Waals surface area contributed by atoms with Crippen LogP contribution in [0.15, 0.2) is 255 Å². The Morgan fingerprint density at radius 2 is 0.893 bits per heavy atom. The van der Waals surface area contributed by atoms with Crippen LogP contribution in [0.1, 0.15) is 62.9 Å². The summed E-state index contributed by atoms with van der Waals surface area (Å²) < 4.78 is 2.66. The molecule has 0 amide bonds. The molecule has 10 aromatic carbocycles. The molecule has 3 heteroatoms. The topological polar surface area (TPSA) is 25.8 Å². The summed E-state index contributed by atoms with van der Waals surface area (Å²) in [6.07, 6.45) is 9.01. The van der Waals surface area contributed by atoms with Crippen LogP contribution in [0.3, 0.4) is 0 Å². The van der Waals surface area contributed by atoms with E-state index in [0.29, 0.717) is 5.82 Å². The number of hydrogen-bond acceptors (Lipinski definition) is 3. The quantitative estimate of drug-likeness (QED) is 0.172. The molecule has 2 nitrogen and oxygen atoms in total. The summed E-state index contributed by atoms with van der Waals surface area (Å²) in [4.78, 5) is 10.5. The van der Waals surface area contributed by atoms with E-state index in [1.54, 1.807) is 0 Å². The second-order valence-corrected chi connectivity index (χ2v) is 21.5. The number of hydrogen-bond donors (Lipinski definition) is 0. The van der Waals surface area contributed by atoms with E-state index in [1.165, 1.54) is 109 Å². The first-order valence-corrected chi connectivity index (χ1v) is 27.0. The van der Waals surface area contributed by atoms with Gasteiger partial charge < -0.3 is 0 Å². The molecule has 0 unspecified atom stereocenters. The molecule has 4 aliphatic rings. The van der Waals surface area contributed by atoms with Gasteiger partial charge in [-0.1, -0.05) is 243 Å². The van der Waals surface area contributed by atoms with Crippen molar-refractivity contribution in [3.63, 3.8) is 0 Å². The molecule has 16 rings (SSSR count). The maximum atomic E-state index is 5.28. The Kier molecular flexibility index (Phi) is 9.20. The molecule has 12 aromatic rings. The van der Waals surface area contributed by atoms with Crippen LogP contribution in [-0.4, -0.2) is 9.97 Å². The fraction of sp³-hybridized carbons (Fsp3) is 0.0556. The summed E-state index contributed by atoms with van der Waals surface area (Å²) >= 11 is 1.93. The molecule has 0 bridgehead atoms. The lowest BCUT2D eigenvalue weighted by molar-refractivity contribution is 0.634. The Hall–Kier alpha value is -9.02. The van der Waals surface area contributed by atoms with Crippen LogP contribution >= 0.6 is 11.3 Å². The molecule has 350 valence electrons. The average Bonchev–Trinajstić information content (AvgIpc) is 4.35. The van der Waals surface area contributed by atoms with Gasteiger partial charge in [0, 0.05) is 42.4 Å². The molecule has 75 heavy (non-hydrogen) atoms. The highest BCUT2D eigenvalue weighted by molar-refractivity contribution is 7.26. The van der Waals surface area contributed by atoms with E-state index in [0.717, 1.165) is 40.9 Å². The lowest BCUT2D eigenvalue weighted by Crippen LogP contribution is -2.44. The van der Waals surface area contributed by atoms with Gasteiger partial charge in [-0.3, -0.25) is 0 Å². The van der Waals surface area contributed by atoms with Crippen molar-refractivity contribution in [1.82, 2.24) is 9.97 Å². The molecular weight excluding hydrogens is 925 g/mol. The number of fused-ring (bicyclic) bond motifs is 20. The van der Waals surface area contributed by atoms with Gasteiger partial charge in [-0.05, 0) is 108 Å². The van der Waals surface area contributed by atoms with Crippen molar-refractivity contribution in [3.05, 3.63) is 305 Å². The molecule has 0 saturated carbocycles. The fourth-order valence-electron chi connectivity index (χ4n) is 13.8. The van der Waals surface area contributed by atoms with Crippen molar-refractivity contribution >= 4 is 37.1 Å². The largest absolute Gasteiger partial charge is 0.228 e. The Balaban J connectivity index is 0.923. The van der Waals surface area contributed by atoms with Crippen LogP contribution in [0.2, 0.25) is 0 Å². The van der Waals surface area contributed by atoms with Gasteiger partial charge >= 0.3 is 0 Å². The van der Waals surface area contributed by atoms with E-state index in [2.05, 4.69) is 249 Å². The summed E-state index contributed by atoms with van der Waals surface area (Å²) in [6, 6.07) is 88.7. The van der Waals surface area contributed by atoms with Crippen molar-refractivity contribution in [2.75, 3.05) is 0 Å². The monoisotopic (exact) mass is 970 g/mol. The number of rotatable bonds is 5. The molecule has 0 radical (unpaired) electrons. The number of nitrogens with zero attached hydrogens (tertiary/aromatic N) is 2. The molecule has 2 spiro atoms. The normalized spacial score (nSPS) is 14.8. The zero-order valence-corrected chi connectivity index (χ0v) is 41.8. The summed E-state index contributed by atoms with van der Waals surface area (Å²) in [6.45, 7) is 0. The smallest absolute Gasteiger partial charge is 0.160 e. The van der Waals surface area contributed by atoms with Gasteiger partial charge in [0.15, 0.2) is 5.82 Å². The van der Waals surface area contributed by atoms with Crippen LogP contribution < -0.4 is 0 Å². The van der Waals surface area contributed by atoms with E-state index in [4.69, 9.17) is 9.97 Å². The van der Waals surface area contributed by atoms with Crippen LogP contribution in [0.25, 0.3) is 93.0 Å². The van der Waals surface area contributed by atoms with Crippen LogP contribution in [0.4, 0.5) is 0 Å². The average molecular weight is 971 g/mol. The summed E-state index contributed by atoms with van der Waals surface area (Å²) in [5, 5.41) is 2.63. The third kappa shape index (κ3) is 5.90. The zero-order valence-electron chi connectivity index (χ0n) is 41.0. The minimum atomic E-state index is -0.652. The van der Waals surface area contributed by atoms with Crippen molar-refractivity contribution in [2.45, 2.75) is 23.7 Å². The number of benzene rings is 10. The van der Waals surface area contributed by atoms with Crippen LogP contribution in [-0.2, 0) is 10.8 Å². The first kappa shape index (κ1) is 42.5. The molecule has 0 aliphatic heterocycles. The van der Waals surface area contributed by atoms with Crippen molar-refractivity contribution in [1.29, 1.82) is 0 Å². The Labute approximate surface area is 440 Å². The molecule has 4 aliphatic carbocycles. The maximum Gasteiger partial charge on any atom is 0.160 e.